The fourth-order valence-electron chi connectivity index (χ4n) is 1.01. The van der Waals surface area contributed by atoms with E-state index >= 15 is 0 Å². The number of nitrogens with two attached hydrogens (primary N) is 1. The highest BCUT2D eigenvalue weighted by molar-refractivity contribution is 5.01. The third-order valence-electron chi connectivity index (χ3n) is 1.72. The molecule has 0 fully saturated rings. The third kappa shape index (κ3) is 3.06. The summed E-state index contributed by atoms with van der Waals surface area (Å²) in [6, 6.07) is 0.0872. The molecule has 2 N–H and O–H groups in total. The van der Waals surface area contributed by atoms with Crippen LogP contribution >= 0.6 is 0 Å². The van der Waals surface area contributed by atoms with Gasteiger partial charge in [-0.1, -0.05) is 13.8 Å². The average molecular weight is 180 g/mol. The Morgan fingerprint density at radius 1 is 1.38 bits per heavy atom. The minimum atomic E-state index is 0.0872. The number of hydrogen-bond acceptors (Lipinski definition) is 4. The van der Waals surface area contributed by atoms with Gasteiger partial charge in [0.05, 0.1) is 11.9 Å². The van der Waals surface area contributed by atoms with Crippen LogP contribution in [0.2, 0.25) is 0 Å². The zero-order valence-electron chi connectivity index (χ0n) is 8.36. The van der Waals surface area contributed by atoms with Gasteiger partial charge in [-0.2, -0.15) is 5.10 Å². The van der Waals surface area contributed by atoms with Crippen molar-refractivity contribution in [2.75, 3.05) is 0 Å². The first-order valence-electron chi connectivity index (χ1n) is 4.53. The summed E-state index contributed by atoms with van der Waals surface area (Å²) < 4.78 is 0. The van der Waals surface area contributed by atoms with Crippen LogP contribution in [0.15, 0.2) is 6.20 Å². The Kier molecular flexibility index (Phi) is 3.31. The molecular formula is C9H16N4. The van der Waals surface area contributed by atoms with Gasteiger partial charge in [-0.05, 0) is 12.8 Å². The van der Waals surface area contributed by atoms with Gasteiger partial charge in [0, 0.05) is 12.5 Å². The maximum atomic E-state index is 5.64. The molecule has 0 aromatic carbocycles. The van der Waals surface area contributed by atoms with E-state index < -0.39 is 0 Å². The zero-order chi connectivity index (χ0) is 9.84. The first-order chi connectivity index (χ1) is 6.09. The molecule has 0 aliphatic rings. The second kappa shape index (κ2) is 4.28. The molecule has 0 radical (unpaired) electrons. The number of rotatable bonds is 3. The van der Waals surface area contributed by atoms with Gasteiger partial charge in [0.15, 0.2) is 5.82 Å². The summed E-state index contributed by atoms with van der Waals surface area (Å²) in [7, 11) is 0. The quantitative estimate of drug-likeness (QED) is 0.750. The molecule has 1 aromatic rings. The topological polar surface area (TPSA) is 64.7 Å². The second-order valence-electron chi connectivity index (χ2n) is 3.63. The van der Waals surface area contributed by atoms with E-state index in [2.05, 4.69) is 29.0 Å². The smallest absolute Gasteiger partial charge is 0.152 e. The Morgan fingerprint density at radius 3 is 2.62 bits per heavy atom. The van der Waals surface area contributed by atoms with Crippen molar-refractivity contribution >= 4 is 0 Å². The van der Waals surface area contributed by atoms with Crippen LogP contribution in [0.3, 0.4) is 0 Å². The minimum Gasteiger partial charge on any atom is -0.328 e. The molecule has 0 aliphatic carbocycles. The molecule has 0 bridgehead atoms. The van der Waals surface area contributed by atoms with Gasteiger partial charge in [-0.15, -0.1) is 5.10 Å². The second-order valence-corrected chi connectivity index (χ2v) is 3.63. The van der Waals surface area contributed by atoms with E-state index in [0.717, 1.165) is 11.5 Å². The van der Waals surface area contributed by atoms with Gasteiger partial charge >= 0.3 is 0 Å². The summed E-state index contributed by atoms with van der Waals surface area (Å²) in [4.78, 5) is 4.36. The molecule has 1 unspecified atom stereocenters. The van der Waals surface area contributed by atoms with Crippen molar-refractivity contribution in [3.63, 3.8) is 0 Å². The zero-order valence-corrected chi connectivity index (χ0v) is 8.36. The Hall–Kier alpha value is -1.03. The number of hydrogen-bond donors (Lipinski definition) is 1. The lowest BCUT2D eigenvalue weighted by Crippen LogP contribution is -2.20. The van der Waals surface area contributed by atoms with Crippen LogP contribution in [0.25, 0.3) is 0 Å². The molecule has 1 aromatic heterocycles. The fourth-order valence-corrected chi connectivity index (χ4v) is 1.01. The molecule has 4 heteroatoms. The normalized spacial score (nSPS) is 13.3. The van der Waals surface area contributed by atoms with E-state index in [1.165, 1.54) is 0 Å². The van der Waals surface area contributed by atoms with Gasteiger partial charge in [-0.3, -0.25) is 0 Å². The summed E-state index contributed by atoms with van der Waals surface area (Å²) >= 11 is 0. The summed E-state index contributed by atoms with van der Waals surface area (Å²) in [6.07, 6.45) is 2.39. The van der Waals surface area contributed by atoms with Gasteiger partial charge < -0.3 is 5.73 Å². The minimum absolute atomic E-state index is 0.0872. The monoisotopic (exact) mass is 180 g/mol. The van der Waals surface area contributed by atoms with Gasteiger partial charge in [0.1, 0.15) is 0 Å². The average Bonchev–Trinajstić information content (AvgIpc) is 2.03. The SMILES string of the molecule is CC(N)Cc1nncc(C(C)C)n1. The first-order valence-corrected chi connectivity index (χ1v) is 4.53. The molecule has 0 saturated heterocycles. The Bertz CT molecular complexity index is 270. The molecule has 0 saturated carbocycles. The first kappa shape index (κ1) is 10.1. The molecule has 1 heterocycles. The largest absolute Gasteiger partial charge is 0.328 e. The highest BCUT2D eigenvalue weighted by Gasteiger charge is 2.05. The molecule has 0 aliphatic heterocycles. The van der Waals surface area contributed by atoms with Crippen molar-refractivity contribution < 1.29 is 0 Å². The van der Waals surface area contributed by atoms with Crippen molar-refractivity contribution in [2.45, 2.75) is 39.2 Å². The third-order valence-corrected chi connectivity index (χ3v) is 1.72. The van der Waals surface area contributed by atoms with Crippen LogP contribution in [0, 0.1) is 0 Å². The van der Waals surface area contributed by atoms with Crippen molar-refractivity contribution in [3.05, 3.63) is 17.7 Å². The van der Waals surface area contributed by atoms with Crippen LogP contribution in [0.1, 0.15) is 38.2 Å². The Labute approximate surface area is 78.6 Å². The summed E-state index contributed by atoms with van der Waals surface area (Å²) in [5.74, 6) is 1.13. The van der Waals surface area contributed by atoms with Crippen LogP contribution in [0.5, 0.6) is 0 Å². The molecule has 4 nitrogen and oxygen atoms in total. The fraction of sp³-hybridized carbons (Fsp3) is 0.667. The molecule has 13 heavy (non-hydrogen) atoms. The molecule has 0 amide bonds. The lowest BCUT2D eigenvalue weighted by molar-refractivity contribution is 0.665. The maximum Gasteiger partial charge on any atom is 0.152 e. The van der Waals surface area contributed by atoms with Gasteiger partial charge in [0.2, 0.25) is 0 Å². The van der Waals surface area contributed by atoms with Crippen molar-refractivity contribution in [1.29, 1.82) is 0 Å². The van der Waals surface area contributed by atoms with E-state index in [1.54, 1.807) is 6.20 Å². The summed E-state index contributed by atoms with van der Waals surface area (Å²) in [5.41, 5.74) is 6.62. The van der Waals surface area contributed by atoms with Gasteiger partial charge in [-0.25, -0.2) is 4.98 Å². The lowest BCUT2D eigenvalue weighted by atomic mass is 10.1. The summed E-state index contributed by atoms with van der Waals surface area (Å²) in [5, 5.41) is 7.81. The predicted molar refractivity (Wildman–Crippen MR) is 51.3 cm³/mol. The van der Waals surface area contributed by atoms with E-state index in [0.29, 0.717) is 12.3 Å². The van der Waals surface area contributed by atoms with E-state index in [-0.39, 0.29) is 6.04 Å². The Balaban J connectivity index is 2.79. The van der Waals surface area contributed by atoms with Crippen molar-refractivity contribution in [1.82, 2.24) is 15.2 Å². The molecule has 1 atom stereocenters. The lowest BCUT2D eigenvalue weighted by Gasteiger charge is -2.06. The van der Waals surface area contributed by atoms with Crippen LogP contribution in [-0.2, 0) is 6.42 Å². The molecule has 0 spiro atoms. The van der Waals surface area contributed by atoms with E-state index in [4.69, 9.17) is 5.73 Å². The van der Waals surface area contributed by atoms with Crippen LogP contribution in [-0.4, -0.2) is 21.2 Å². The standard InChI is InChI=1S/C9H16N4/c1-6(2)8-5-11-13-9(12-8)4-7(3)10/h5-7H,4,10H2,1-3H3. The van der Waals surface area contributed by atoms with Crippen LogP contribution in [0.4, 0.5) is 0 Å². The van der Waals surface area contributed by atoms with E-state index in [9.17, 15) is 0 Å². The molecule has 1 rings (SSSR count). The van der Waals surface area contributed by atoms with Crippen molar-refractivity contribution in [2.24, 2.45) is 5.73 Å². The highest BCUT2D eigenvalue weighted by atomic mass is 15.1. The maximum absolute atomic E-state index is 5.64. The molecular weight excluding hydrogens is 164 g/mol. The Morgan fingerprint density at radius 2 is 2.08 bits per heavy atom. The van der Waals surface area contributed by atoms with Crippen LogP contribution < -0.4 is 5.73 Å². The number of nitrogens with zero attached hydrogens (tertiary/aromatic N) is 3. The van der Waals surface area contributed by atoms with Gasteiger partial charge in [0.25, 0.3) is 0 Å². The molecule has 72 valence electrons. The number of aromatic nitrogens is 3. The predicted octanol–water partition coefficient (Wildman–Crippen LogP) is 0.885. The van der Waals surface area contributed by atoms with E-state index in [1.807, 2.05) is 6.92 Å². The van der Waals surface area contributed by atoms with Crippen molar-refractivity contribution in [3.8, 4) is 0 Å². The summed E-state index contributed by atoms with van der Waals surface area (Å²) in [6.45, 7) is 6.10. The highest BCUT2D eigenvalue weighted by Crippen LogP contribution is 2.08.